The van der Waals surface area contributed by atoms with E-state index in [1.54, 1.807) is 25.2 Å². The van der Waals surface area contributed by atoms with Crippen molar-refractivity contribution in [2.75, 3.05) is 23.0 Å². The zero-order valence-electron chi connectivity index (χ0n) is 15.9. The van der Waals surface area contributed by atoms with Gasteiger partial charge < -0.3 is 16.0 Å². The summed E-state index contributed by atoms with van der Waals surface area (Å²) in [6.07, 6.45) is -3.48. The number of hydrogen-bond acceptors (Lipinski definition) is 8. The molecule has 0 fully saturated rings. The van der Waals surface area contributed by atoms with Gasteiger partial charge in [0.2, 0.25) is 11.9 Å². The second kappa shape index (κ2) is 8.25. The van der Waals surface area contributed by atoms with Gasteiger partial charge in [0.15, 0.2) is 5.82 Å². The highest BCUT2D eigenvalue weighted by Gasteiger charge is 2.32. The van der Waals surface area contributed by atoms with Gasteiger partial charge in [0, 0.05) is 25.0 Å². The van der Waals surface area contributed by atoms with Gasteiger partial charge in [-0.25, -0.2) is 4.98 Å². The third kappa shape index (κ3) is 5.27. The van der Waals surface area contributed by atoms with Crippen molar-refractivity contribution in [1.82, 2.24) is 24.9 Å². The van der Waals surface area contributed by atoms with Crippen LogP contribution in [0.3, 0.4) is 0 Å². The van der Waals surface area contributed by atoms with Gasteiger partial charge in [-0.15, -0.1) is 0 Å². The molecule has 3 rings (SSSR count). The topological polar surface area (TPSA) is 101 Å². The summed E-state index contributed by atoms with van der Waals surface area (Å²) in [4.78, 5) is 20.7. The van der Waals surface area contributed by atoms with Crippen LogP contribution in [-0.4, -0.2) is 38.0 Å². The van der Waals surface area contributed by atoms with Crippen molar-refractivity contribution in [3.8, 4) is 11.5 Å². The molecule has 0 bridgehead atoms. The van der Waals surface area contributed by atoms with E-state index >= 15 is 0 Å². The fourth-order valence-corrected chi connectivity index (χ4v) is 2.36. The Morgan fingerprint density at radius 2 is 1.72 bits per heavy atom. The average Bonchev–Trinajstić information content (AvgIpc) is 2.67. The molecule has 0 aliphatic rings. The van der Waals surface area contributed by atoms with E-state index in [1.807, 2.05) is 13.8 Å². The van der Waals surface area contributed by atoms with Crippen LogP contribution in [0.15, 0.2) is 36.5 Å². The Labute approximate surface area is 165 Å². The zero-order valence-corrected chi connectivity index (χ0v) is 15.9. The quantitative estimate of drug-likeness (QED) is 0.568. The summed E-state index contributed by atoms with van der Waals surface area (Å²) in [5, 5.41) is 8.78. The van der Waals surface area contributed by atoms with Gasteiger partial charge in [0.1, 0.15) is 17.2 Å². The Bertz CT molecular complexity index is 991. The number of nitrogens with one attached hydrogen (secondary N) is 3. The predicted octanol–water partition coefficient (Wildman–Crippen LogP) is 3.95. The number of anilines is 4. The number of alkyl halides is 3. The smallest absolute Gasteiger partial charge is 0.373 e. The summed E-state index contributed by atoms with van der Waals surface area (Å²) in [5.74, 6) is 1.25. The van der Waals surface area contributed by atoms with E-state index in [-0.39, 0.29) is 29.5 Å². The van der Waals surface area contributed by atoms with Crippen LogP contribution in [0.4, 0.5) is 36.6 Å². The number of halogens is 3. The molecule has 0 radical (unpaired) electrons. The van der Waals surface area contributed by atoms with Crippen molar-refractivity contribution in [2.24, 2.45) is 0 Å². The lowest BCUT2D eigenvalue weighted by atomic mass is 10.3. The molecule has 0 atom stereocenters. The van der Waals surface area contributed by atoms with Crippen LogP contribution in [-0.2, 0) is 6.18 Å². The molecular weight excluding hydrogens is 385 g/mol. The van der Waals surface area contributed by atoms with Crippen LogP contribution >= 0.6 is 0 Å². The molecule has 11 heteroatoms. The first-order chi connectivity index (χ1) is 13.7. The minimum atomic E-state index is -4.55. The summed E-state index contributed by atoms with van der Waals surface area (Å²) in [5.41, 5.74) is -0.377. The van der Waals surface area contributed by atoms with Crippen LogP contribution in [0.25, 0.3) is 11.5 Å². The van der Waals surface area contributed by atoms with E-state index in [4.69, 9.17) is 0 Å². The monoisotopic (exact) mass is 404 g/mol. The predicted molar refractivity (Wildman–Crippen MR) is 104 cm³/mol. The maximum Gasteiger partial charge on any atom is 0.433 e. The van der Waals surface area contributed by atoms with Crippen molar-refractivity contribution < 1.29 is 13.2 Å². The van der Waals surface area contributed by atoms with Crippen LogP contribution in [0.2, 0.25) is 0 Å². The maximum atomic E-state index is 12.9. The first-order valence-electron chi connectivity index (χ1n) is 8.72. The summed E-state index contributed by atoms with van der Waals surface area (Å²) in [6.45, 7) is 3.82. The third-order valence-electron chi connectivity index (χ3n) is 3.59. The molecule has 0 aliphatic heterocycles. The molecule has 3 heterocycles. The highest BCUT2D eigenvalue weighted by molar-refractivity contribution is 5.60. The maximum absolute atomic E-state index is 12.9. The number of pyridine rings is 2. The van der Waals surface area contributed by atoms with E-state index in [0.717, 1.165) is 12.3 Å². The standard InChI is InChI=1S/C18H19F3N8/c1-10(2)24-16-27-15(12-5-4-6-14(22-3)26-12)28-17(29-16)25-11-7-8-23-13(9-11)18(19,20)21/h4-10H,1-3H3,(H,22,26)(H2,23,24,25,27,28,29). The van der Waals surface area contributed by atoms with Crippen molar-refractivity contribution in [3.05, 3.63) is 42.2 Å². The van der Waals surface area contributed by atoms with Gasteiger partial charge in [-0.2, -0.15) is 28.1 Å². The Morgan fingerprint density at radius 1 is 0.966 bits per heavy atom. The van der Waals surface area contributed by atoms with Gasteiger partial charge in [0.05, 0.1) is 0 Å². The van der Waals surface area contributed by atoms with Gasteiger partial charge in [-0.1, -0.05) is 6.07 Å². The first kappa shape index (κ1) is 20.2. The molecule has 3 N–H and O–H groups in total. The molecule has 3 aromatic heterocycles. The van der Waals surface area contributed by atoms with Crippen molar-refractivity contribution in [3.63, 3.8) is 0 Å². The average molecular weight is 404 g/mol. The highest BCUT2D eigenvalue weighted by atomic mass is 19.4. The molecule has 152 valence electrons. The van der Waals surface area contributed by atoms with E-state index < -0.39 is 11.9 Å². The largest absolute Gasteiger partial charge is 0.433 e. The van der Waals surface area contributed by atoms with E-state index in [9.17, 15) is 13.2 Å². The van der Waals surface area contributed by atoms with Gasteiger partial charge in [-0.3, -0.25) is 4.98 Å². The second-order valence-corrected chi connectivity index (χ2v) is 6.32. The molecular formula is C18H19F3N8. The third-order valence-corrected chi connectivity index (χ3v) is 3.59. The van der Waals surface area contributed by atoms with E-state index in [1.165, 1.54) is 6.07 Å². The summed E-state index contributed by atoms with van der Waals surface area (Å²) < 4.78 is 38.7. The molecule has 0 aliphatic carbocycles. The molecule has 8 nitrogen and oxygen atoms in total. The number of hydrogen-bond donors (Lipinski definition) is 3. The fraction of sp³-hybridized carbons (Fsp3) is 0.278. The summed E-state index contributed by atoms with van der Waals surface area (Å²) >= 11 is 0. The Hall–Kier alpha value is -3.50. The van der Waals surface area contributed by atoms with Gasteiger partial charge >= 0.3 is 6.18 Å². The molecule has 29 heavy (non-hydrogen) atoms. The van der Waals surface area contributed by atoms with Crippen molar-refractivity contribution in [2.45, 2.75) is 26.1 Å². The molecule has 0 saturated heterocycles. The number of rotatable bonds is 6. The minimum absolute atomic E-state index is 0.0347. The number of aromatic nitrogens is 5. The van der Waals surface area contributed by atoms with Crippen LogP contribution < -0.4 is 16.0 Å². The molecule has 0 spiro atoms. The van der Waals surface area contributed by atoms with Crippen molar-refractivity contribution >= 4 is 23.4 Å². The van der Waals surface area contributed by atoms with E-state index in [2.05, 4.69) is 40.9 Å². The summed E-state index contributed by atoms with van der Waals surface area (Å²) in [7, 11) is 1.74. The van der Waals surface area contributed by atoms with Crippen LogP contribution in [0.1, 0.15) is 19.5 Å². The van der Waals surface area contributed by atoms with Gasteiger partial charge in [-0.05, 0) is 38.1 Å². The molecule has 0 aromatic carbocycles. The lowest BCUT2D eigenvalue weighted by Crippen LogP contribution is -2.15. The lowest BCUT2D eigenvalue weighted by Gasteiger charge is -2.13. The fourth-order valence-electron chi connectivity index (χ4n) is 2.36. The minimum Gasteiger partial charge on any atom is -0.373 e. The van der Waals surface area contributed by atoms with Crippen LogP contribution in [0, 0.1) is 0 Å². The molecule has 0 amide bonds. The SMILES string of the molecule is CNc1cccc(-c2nc(Nc3ccnc(C(F)(F)F)c3)nc(NC(C)C)n2)n1. The first-order valence-corrected chi connectivity index (χ1v) is 8.72. The molecule has 3 aromatic rings. The van der Waals surface area contributed by atoms with Gasteiger partial charge in [0.25, 0.3) is 0 Å². The Kier molecular flexibility index (Phi) is 5.76. The van der Waals surface area contributed by atoms with E-state index in [0.29, 0.717) is 11.5 Å². The highest BCUT2D eigenvalue weighted by Crippen LogP contribution is 2.29. The zero-order chi connectivity index (χ0) is 21.0. The Balaban J connectivity index is 1.99. The second-order valence-electron chi connectivity index (χ2n) is 6.32. The van der Waals surface area contributed by atoms with Crippen molar-refractivity contribution in [1.29, 1.82) is 0 Å². The molecule has 0 unspecified atom stereocenters. The van der Waals surface area contributed by atoms with Crippen LogP contribution in [0.5, 0.6) is 0 Å². The Morgan fingerprint density at radius 3 is 2.41 bits per heavy atom. The lowest BCUT2D eigenvalue weighted by molar-refractivity contribution is -0.141. The molecule has 0 saturated carbocycles. The normalized spacial score (nSPS) is 11.4. The summed E-state index contributed by atoms with van der Waals surface area (Å²) in [6, 6.07) is 7.62. The number of nitrogens with zero attached hydrogens (tertiary/aromatic N) is 5.